The number of benzene rings is 2. The maximum atomic E-state index is 12.5. The molecule has 6 heteroatoms. The fraction of sp³-hybridized carbons (Fsp3) is 0.263. The van der Waals surface area contributed by atoms with Gasteiger partial charge in [0, 0.05) is 43.2 Å². The molecular weight excluding hydrogens is 356 g/mol. The fourth-order valence-corrected chi connectivity index (χ4v) is 4.19. The van der Waals surface area contributed by atoms with E-state index in [1.807, 2.05) is 54.6 Å². The van der Waals surface area contributed by atoms with E-state index in [0.29, 0.717) is 26.2 Å². The first-order valence-corrected chi connectivity index (χ1v) is 10.1. The van der Waals surface area contributed by atoms with Gasteiger partial charge in [0.25, 0.3) is 0 Å². The molecule has 0 unspecified atom stereocenters. The molecule has 0 aromatic heterocycles. The molecule has 1 aliphatic rings. The number of piperazine rings is 1. The molecule has 0 amide bonds. The van der Waals surface area contributed by atoms with Crippen LogP contribution < -0.4 is 0 Å². The molecule has 0 bridgehead atoms. The summed E-state index contributed by atoms with van der Waals surface area (Å²) in [4.78, 5) is 2.23. The standard InChI is InChI=1S/C19H21ClN2O2S/c20-19-9-5-4-8-18(19)16-21-11-13-22(14-12-21)25(23,24)15-10-17-6-2-1-3-7-17/h1-10,15H,11-14,16H2/b15-10+. The summed E-state index contributed by atoms with van der Waals surface area (Å²) in [6, 6.07) is 17.2. The molecule has 132 valence electrons. The number of rotatable bonds is 5. The molecule has 0 N–H and O–H groups in total. The van der Waals surface area contributed by atoms with Gasteiger partial charge in [0.1, 0.15) is 0 Å². The smallest absolute Gasteiger partial charge is 0.236 e. The van der Waals surface area contributed by atoms with Crippen molar-refractivity contribution in [2.45, 2.75) is 6.54 Å². The van der Waals surface area contributed by atoms with Crippen LogP contribution in [0, 0.1) is 0 Å². The highest BCUT2D eigenvalue weighted by atomic mass is 35.5. The van der Waals surface area contributed by atoms with Crippen molar-refractivity contribution in [3.05, 3.63) is 76.2 Å². The molecule has 1 aliphatic heterocycles. The van der Waals surface area contributed by atoms with Crippen LogP contribution in [-0.4, -0.2) is 43.8 Å². The summed E-state index contributed by atoms with van der Waals surface area (Å²) in [6.45, 7) is 3.12. The minimum absolute atomic E-state index is 0.492. The van der Waals surface area contributed by atoms with Crippen molar-refractivity contribution in [1.82, 2.24) is 9.21 Å². The Morgan fingerprint density at radius 3 is 2.24 bits per heavy atom. The topological polar surface area (TPSA) is 40.6 Å². The highest BCUT2D eigenvalue weighted by Crippen LogP contribution is 2.19. The first kappa shape index (κ1) is 18.1. The van der Waals surface area contributed by atoms with Crippen LogP contribution in [0.1, 0.15) is 11.1 Å². The van der Waals surface area contributed by atoms with E-state index in [4.69, 9.17) is 11.6 Å². The van der Waals surface area contributed by atoms with Gasteiger partial charge < -0.3 is 0 Å². The average Bonchev–Trinajstić information content (AvgIpc) is 2.63. The van der Waals surface area contributed by atoms with Gasteiger partial charge in [0.15, 0.2) is 0 Å². The lowest BCUT2D eigenvalue weighted by atomic mass is 10.2. The summed E-state index contributed by atoms with van der Waals surface area (Å²) in [7, 11) is -3.39. The molecule has 0 atom stereocenters. The van der Waals surface area contributed by atoms with Crippen LogP contribution in [0.15, 0.2) is 60.0 Å². The summed E-state index contributed by atoms with van der Waals surface area (Å²) in [6.07, 6.45) is 1.64. The van der Waals surface area contributed by atoms with Gasteiger partial charge in [-0.15, -0.1) is 0 Å². The predicted octanol–water partition coefficient (Wildman–Crippen LogP) is 3.46. The fourth-order valence-electron chi connectivity index (χ4n) is 2.82. The molecule has 0 saturated carbocycles. The van der Waals surface area contributed by atoms with Gasteiger partial charge in [-0.1, -0.05) is 60.1 Å². The second-order valence-electron chi connectivity index (χ2n) is 6.02. The van der Waals surface area contributed by atoms with Crippen LogP contribution in [0.25, 0.3) is 6.08 Å². The van der Waals surface area contributed by atoms with Crippen LogP contribution in [0.3, 0.4) is 0 Å². The predicted molar refractivity (Wildman–Crippen MR) is 103 cm³/mol. The van der Waals surface area contributed by atoms with E-state index in [1.54, 1.807) is 6.08 Å². The lowest BCUT2D eigenvalue weighted by molar-refractivity contribution is 0.182. The SMILES string of the molecule is O=S(=O)(/C=C/c1ccccc1)N1CCN(Cc2ccccc2Cl)CC1. The van der Waals surface area contributed by atoms with Crippen molar-refractivity contribution in [1.29, 1.82) is 0 Å². The van der Waals surface area contributed by atoms with Gasteiger partial charge in [-0.2, -0.15) is 4.31 Å². The lowest BCUT2D eigenvalue weighted by Crippen LogP contribution is -2.47. The largest absolute Gasteiger partial charge is 0.296 e. The van der Waals surface area contributed by atoms with Gasteiger partial charge in [-0.25, -0.2) is 8.42 Å². The average molecular weight is 377 g/mol. The third-order valence-electron chi connectivity index (χ3n) is 4.27. The summed E-state index contributed by atoms with van der Waals surface area (Å²) < 4.78 is 26.5. The van der Waals surface area contributed by atoms with Gasteiger partial charge in [-0.3, -0.25) is 4.90 Å². The molecule has 1 heterocycles. The summed E-state index contributed by atoms with van der Waals surface area (Å²) >= 11 is 6.20. The van der Waals surface area contributed by atoms with E-state index in [2.05, 4.69) is 4.90 Å². The van der Waals surface area contributed by atoms with Crippen molar-refractivity contribution < 1.29 is 8.42 Å². The van der Waals surface area contributed by atoms with Crippen LogP contribution in [-0.2, 0) is 16.6 Å². The maximum Gasteiger partial charge on any atom is 0.236 e. The molecule has 4 nitrogen and oxygen atoms in total. The van der Waals surface area contributed by atoms with E-state index in [-0.39, 0.29) is 0 Å². The van der Waals surface area contributed by atoms with Crippen LogP contribution in [0.2, 0.25) is 5.02 Å². The van der Waals surface area contributed by atoms with Gasteiger partial charge in [-0.05, 0) is 23.3 Å². The van der Waals surface area contributed by atoms with Crippen molar-refractivity contribution in [3.63, 3.8) is 0 Å². The zero-order valence-electron chi connectivity index (χ0n) is 13.9. The zero-order valence-corrected chi connectivity index (χ0v) is 15.5. The number of halogens is 1. The molecule has 25 heavy (non-hydrogen) atoms. The first-order valence-electron chi connectivity index (χ1n) is 8.24. The Hall–Kier alpha value is -1.66. The minimum Gasteiger partial charge on any atom is -0.296 e. The Kier molecular flexibility index (Phi) is 5.91. The minimum atomic E-state index is -3.39. The number of hydrogen-bond acceptors (Lipinski definition) is 3. The van der Waals surface area contributed by atoms with E-state index >= 15 is 0 Å². The van der Waals surface area contributed by atoms with Crippen LogP contribution >= 0.6 is 11.6 Å². The molecular formula is C19H21ClN2O2S. The van der Waals surface area contributed by atoms with E-state index in [1.165, 1.54) is 9.71 Å². The molecule has 3 rings (SSSR count). The molecule has 0 aliphatic carbocycles. The Morgan fingerprint density at radius 1 is 0.920 bits per heavy atom. The van der Waals surface area contributed by atoms with E-state index < -0.39 is 10.0 Å². The monoisotopic (exact) mass is 376 g/mol. The lowest BCUT2D eigenvalue weighted by Gasteiger charge is -2.33. The Balaban J connectivity index is 1.58. The molecule has 0 radical (unpaired) electrons. The maximum absolute atomic E-state index is 12.5. The number of sulfonamides is 1. The zero-order chi connectivity index (χ0) is 17.7. The van der Waals surface area contributed by atoms with Crippen molar-refractivity contribution in [3.8, 4) is 0 Å². The van der Waals surface area contributed by atoms with E-state index in [0.717, 1.165) is 22.7 Å². The summed E-state index contributed by atoms with van der Waals surface area (Å²) in [5.74, 6) is 0. The quantitative estimate of drug-likeness (QED) is 0.802. The normalized spacial score (nSPS) is 17.2. The van der Waals surface area contributed by atoms with Gasteiger partial charge >= 0.3 is 0 Å². The third-order valence-corrected chi connectivity index (χ3v) is 6.21. The first-order chi connectivity index (χ1) is 12.0. The van der Waals surface area contributed by atoms with Crippen LogP contribution in [0.5, 0.6) is 0 Å². The molecule has 0 spiro atoms. The number of nitrogens with zero attached hydrogens (tertiary/aromatic N) is 2. The van der Waals surface area contributed by atoms with Crippen molar-refractivity contribution in [2.24, 2.45) is 0 Å². The van der Waals surface area contributed by atoms with Crippen molar-refractivity contribution >= 4 is 27.7 Å². The van der Waals surface area contributed by atoms with Crippen molar-refractivity contribution in [2.75, 3.05) is 26.2 Å². The third kappa shape index (κ3) is 4.92. The molecule has 2 aromatic carbocycles. The highest BCUT2D eigenvalue weighted by Gasteiger charge is 2.25. The highest BCUT2D eigenvalue weighted by molar-refractivity contribution is 7.92. The molecule has 1 fully saturated rings. The number of hydrogen-bond donors (Lipinski definition) is 0. The Labute approximate surface area is 154 Å². The van der Waals surface area contributed by atoms with Crippen LogP contribution in [0.4, 0.5) is 0 Å². The molecule has 1 saturated heterocycles. The Morgan fingerprint density at radius 2 is 1.56 bits per heavy atom. The molecule has 2 aromatic rings. The summed E-state index contributed by atoms with van der Waals surface area (Å²) in [5.41, 5.74) is 1.95. The Bertz CT molecular complexity index is 830. The van der Waals surface area contributed by atoms with Gasteiger partial charge in [0.05, 0.1) is 0 Å². The van der Waals surface area contributed by atoms with Gasteiger partial charge in [0.2, 0.25) is 10.0 Å². The van der Waals surface area contributed by atoms with E-state index in [9.17, 15) is 8.42 Å². The summed E-state index contributed by atoms with van der Waals surface area (Å²) in [5, 5.41) is 2.05. The second kappa shape index (κ2) is 8.15. The second-order valence-corrected chi connectivity index (χ2v) is 8.25.